The van der Waals surface area contributed by atoms with Crippen LogP contribution in [0.4, 0.5) is 0 Å². The fraction of sp³-hybridized carbons (Fsp3) is 0.450. The predicted molar refractivity (Wildman–Crippen MR) is 97.3 cm³/mol. The topological polar surface area (TPSA) is 73.5 Å². The number of nitrogens with zero attached hydrogens (tertiary/aromatic N) is 2. The van der Waals surface area contributed by atoms with Gasteiger partial charge in [-0.1, -0.05) is 18.2 Å². The van der Waals surface area contributed by atoms with Crippen LogP contribution in [0.5, 0.6) is 0 Å². The number of amides is 3. The van der Waals surface area contributed by atoms with Gasteiger partial charge in [0.2, 0.25) is 17.7 Å². The molecule has 1 atom stereocenters. The number of aromatic nitrogens is 1. The molecule has 4 rings (SSSR count). The molecule has 1 aromatic heterocycles. The van der Waals surface area contributed by atoms with Crippen molar-refractivity contribution < 1.29 is 14.4 Å². The summed E-state index contributed by atoms with van der Waals surface area (Å²) in [5.41, 5.74) is 3.55. The Bertz CT molecular complexity index is 870. The summed E-state index contributed by atoms with van der Waals surface area (Å²) in [6, 6.07) is 8.25. The molecule has 0 spiro atoms. The molecular formula is C20H23N3O3. The van der Waals surface area contributed by atoms with Gasteiger partial charge in [0, 0.05) is 48.9 Å². The van der Waals surface area contributed by atoms with Crippen molar-refractivity contribution in [3.63, 3.8) is 0 Å². The van der Waals surface area contributed by atoms with Crippen LogP contribution in [0.25, 0.3) is 10.9 Å². The third-order valence-corrected chi connectivity index (χ3v) is 5.58. The Morgan fingerprint density at radius 2 is 1.88 bits per heavy atom. The zero-order chi connectivity index (χ0) is 18.3. The first kappa shape index (κ1) is 16.8. The van der Waals surface area contributed by atoms with Crippen LogP contribution < -0.4 is 0 Å². The summed E-state index contributed by atoms with van der Waals surface area (Å²) < 4.78 is 0. The number of likely N-dealkylation sites (tertiary alicyclic amines) is 1. The van der Waals surface area contributed by atoms with Gasteiger partial charge in [0.25, 0.3) is 0 Å². The largest absolute Gasteiger partial charge is 0.356 e. The zero-order valence-corrected chi connectivity index (χ0v) is 15.0. The lowest BCUT2D eigenvalue weighted by Gasteiger charge is -2.34. The Kier molecular flexibility index (Phi) is 4.26. The van der Waals surface area contributed by atoms with Crippen molar-refractivity contribution in [2.75, 3.05) is 13.1 Å². The van der Waals surface area contributed by atoms with Crippen molar-refractivity contribution in [1.82, 2.24) is 14.8 Å². The van der Waals surface area contributed by atoms with Crippen LogP contribution >= 0.6 is 0 Å². The highest BCUT2D eigenvalue weighted by molar-refractivity contribution is 6.01. The molecule has 6 nitrogen and oxygen atoms in total. The molecule has 3 amide bonds. The van der Waals surface area contributed by atoms with Gasteiger partial charge >= 0.3 is 0 Å². The molecule has 2 aliphatic rings. The minimum atomic E-state index is -0.114. The summed E-state index contributed by atoms with van der Waals surface area (Å²) in [5.74, 6) is -0.145. The smallest absolute Gasteiger partial charge is 0.229 e. The van der Waals surface area contributed by atoms with Gasteiger partial charge in [-0.25, -0.2) is 0 Å². The average Bonchev–Trinajstić information content (AvgIpc) is 3.17. The lowest BCUT2D eigenvalue weighted by atomic mass is 9.98. The molecule has 3 heterocycles. The van der Waals surface area contributed by atoms with E-state index in [4.69, 9.17) is 0 Å². The first-order valence-corrected chi connectivity index (χ1v) is 9.28. The van der Waals surface area contributed by atoms with E-state index in [1.165, 1.54) is 15.8 Å². The highest BCUT2D eigenvalue weighted by Gasteiger charge is 2.31. The molecule has 0 saturated carbocycles. The number of imide groups is 1. The molecule has 0 aliphatic carbocycles. The fourth-order valence-electron chi connectivity index (χ4n) is 4.17. The minimum Gasteiger partial charge on any atom is -0.356 e. The van der Waals surface area contributed by atoms with Crippen molar-refractivity contribution in [3.05, 3.63) is 35.5 Å². The number of fused-ring (bicyclic) bond motifs is 3. The summed E-state index contributed by atoms with van der Waals surface area (Å²) in [6.07, 6.45) is 2.34. The highest BCUT2D eigenvalue weighted by Crippen LogP contribution is 2.34. The van der Waals surface area contributed by atoms with Crippen LogP contribution in [0.15, 0.2) is 24.3 Å². The second-order valence-electron chi connectivity index (χ2n) is 7.12. The average molecular weight is 353 g/mol. The normalized spacial score (nSPS) is 20.1. The number of para-hydroxylation sites is 1. The van der Waals surface area contributed by atoms with Gasteiger partial charge in [0.1, 0.15) is 0 Å². The molecule has 1 fully saturated rings. The van der Waals surface area contributed by atoms with Crippen LogP contribution in [0, 0.1) is 0 Å². The van der Waals surface area contributed by atoms with Crippen molar-refractivity contribution >= 4 is 28.6 Å². The van der Waals surface area contributed by atoms with Crippen LogP contribution in [0.3, 0.4) is 0 Å². The summed E-state index contributed by atoms with van der Waals surface area (Å²) in [4.78, 5) is 42.7. The molecule has 1 saturated heterocycles. The van der Waals surface area contributed by atoms with E-state index in [2.05, 4.69) is 24.0 Å². The van der Waals surface area contributed by atoms with E-state index >= 15 is 0 Å². The Morgan fingerprint density at radius 3 is 2.65 bits per heavy atom. The van der Waals surface area contributed by atoms with E-state index in [1.807, 2.05) is 17.0 Å². The molecule has 136 valence electrons. The number of aromatic amines is 1. The molecule has 0 unspecified atom stereocenters. The Morgan fingerprint density at radius 1 is 1.15 bits per heavy atom. The maximum Gasteiger partial charge on any atom is 0.229 e. The molecule has 2 aromatic rings. The second kappa shape index (κ2) is 6.59. The maximum atomic E-state index is 12.7. The van der Waals surface area contributed by atoms with Gasteiger partial charge in [-0.2, -0.15) is 0 Å². The first-order valence-electron chi connectivity index (χ1n) is 9.28. The number of carbonyl (C=O) groups is 3. The standard InChI is InChI=1S/C20H23N3O3/c1-13-20-15(14-5-2-3-6-16(14)21-20)10-12-22(13)17(24)7-4-11-23-18(25)8-9-19(23)26/h2-3,5-6,13,21H,4,7-12H2,1H3/t13-/m0/s1. The minimum absolute atomic E-state index is 0.00806. The molecule has 26 heavy (non-hydrogen) atoms. The summed E-state index contributed by atoms with van der Waals surface area (Å²) in [7, 11) is 0. The van der Waals surface area contributed by atoms with E-state index in [0.29, 0.717) is 38.8 Å². The van der Waals surface area contributed by atoms with Gasteiger partial charge in [-0.05, 0) is 31.4 Å². The Labute approximate surface area is 152 Å². The summed E-state index contributed by atoms with van der Waals surface area (Å²) >= 11 is 0. The number of hydrogen-bond donors (Lipinski definition) is 1. The van der Waals surface area contributed by atoms with Gasteiger partial charge < -0.3 is 9.88 Å². The quantitative estimate of drug-likeness (QED) is 0.859. The molecule has 0 radical (unpaired) electrons. The number of hydrogen-bond acceptors (Lipinski definition) is 3. The lowest BCUT2D eigenvalue weighted by molar-refractivity contribution is -0.140. The molecule has 1 aromatic carbocycles. The number of H-pyrrole nitrogens is 1. The van der Waals surface area contributed by atoms with Gasteiger partial charge in [0.15, 0.2) is 0 Å². The lowest BCUT2D eigenvalue weighted by Crippen LogP contribution is -2.39. The molecule has 2 aliphatic heterocycles. The number of carbonyl (C=O) groups excluding carboxylic acids is 3. The second-order valence-corrected chi connectivity index (χ2v) is 7.12. The van der Waals surface area contributed by atoms with Crippen molar-refractivity contribution in [2.24, 2.45) is 0 Å². The first-order chi connectivity index (χ1) is 12.6. The van der Waals surface area contributed by atoms with Crippen LogP contribution in [-0.2, 0) is 20.8 Å². The SMILES string of the molecule is C[C@H]1c2[nH]c3ccccc3c2CCN1C(=O)CCCN1C(=O)CCC1=O. The third kappa shape index (κ3) is 2.79. The van der Waals surface area contributed by atoms with Gasteiger partial charge in [0.05, 0.1) is 6.04 Å². The highest BCUT2D eigenvalue weighted by atomic mass is 16.2. The fourth-order valence-corrected chi connectivity index (χ4v) is 4.17. The van der Waals surface area contributed by atoms with E-state index in [0.717, 1.165) is 17.6 Å². The number of rotatable bonds is 4. The maximum absolute atomic E-state index is 12.7. The van der Waals surface area contributed by atoms with Crippen molar-refractivity contribution in [2.45, 2.75) is 45.1 Å². The summed E-state index contributed by atoms with van der Waals surface area (Å²) in [5, 5.41) is 1.24. The monoisotopic (exact) mass is 353 g/mol. The molecule has 1 N–H and O–H groups in total. The number of benzene rings is 1. The van der Waals surface area contributed by atoms with Crippen LogP contribution in [0.2, 0.25) is 0 Å². The summed E-state index contributed by atoms with van der Waals surface area (Å²) in [6.45, 7) is 3.11. The van der Waals surface area contributed by atoms with Gasteiger partial charge in [-0.15, -0.1) is 0 Å². The van der Waals surface area contributed by atoms with Gasteiger partial charge in [-0.3, -0.25) is 19.3 Å². The molecule has 0 bridgehead atoms. The van der Waals surface area contributed by atoms with E-state index in [1.54, 1.807) is 0 Å². The van der Waals surface area contributed by atoms with E-state index < -0.39 is 0 Å². The van der Waals surface area contributed by atoms with Crippen LogP contribution in [-0.4, -0.2) is 45.6 Å². The van der Waals surface area contributed by atoms with Crippen molar-refractivity contribution in [1.29, 1.82) is 0 Å². The Hall–Kier alpha value is -2.63. The molecular weight excluding hydrogens is 330 g/mol. The van der Waals surface area contributed by atoms with Crippen molar-refractivity contribution in [3.8, 4) is 0 Å². The van der Waals surface area contributed by atoms with Crippen LogP contribution in [0.1, 0.15) is 49.9 Å². The zero-order valence-electron chi connectivity index (χ0n) is 15.0. The number of nitrogens with one attached hydrogen (secondary N) is 1. The van der Waals surface area contributed by atoms with E-state index in [-0.39, 0.29) is 23.8 Å². The third-order valence-electron chi connectivity index (χ3n) is 5.58. The van der Waals surface area contributed by atoms with E-state index in [9.17, 15) is 14.4 Å². The predicted octanol–water partition coefficient (Wildman–Crippen LogP) is 2.54. The Balaban J connectivity index is 1.41. The molecule has 6 heteroatoms.